The van der Waals surface area contributed by atoms with E-state index in [0.717, 1.165) is 9.87 Å². The Labute approximate surface area is 240 Å². The Bertz CT molecular complexity index is 1530. The van der Waals surface area contributed by atoms with Crippen LogP contribution in [0.2, 0.25) is 5.02 Å². The first kappa shape index (κ1) is 28.9. The number of hydrogen-bond acceptors (Lipinski definition) is 4. The summed E-state index contributed by atoms with van der Waals surface area (Å²) in [4.78, 5) is 28.9. The summed E-state index contributed by atoms with van der Waals surface area (Å²) in [7, 11) is -2.61. The molecular weight excluding hydrogens is 546 g/mol. The standard InChI is InChI=1S/C31H30ClN3O4S/c1-33-31(37)29(21-24-13-5-2-6-14-24)34(22-25-15-11-12-20-28(25)32)30(36)23-35(26-16-7-3-8-17-26)40(38,39)27-18-9-4-10-19-27/h2-20,29H,21-23H2,1H3,(H,33,37)/t29-/m1/s1. The van der Waals surface area contributed by atoms with Gasteiger partial charge < -0.3 is 10.2 Å². The van der Waals surface area contributed by atoms with E-state index in [9.17, 15) is 18.0 Å². The van der Waals surface area contributed by atoms with Gasteiger partial charge in [-0.15, -0.1) is 0 Å². The van der Waals surface area contributed by atoms with Crippen molar-refractivity contribution in [2.75, 3.05) is 17.9 Å². The number of benzene rings is 4. The van der Waals surface area contributed by atoms with Crippen LogP contribution in [0, 0.1) is 0 Å². The van der Waals surface area contributed by atoms with Crippen molar-refractivity contribution in [2.45, 2.75) is 23.9 Å². The zero-order chi connectivity index (χ0) is 28.5. The topological polar surface area (TPSA) is 86.8 Å². The number of nitrogens with one attached hydrogen (secondary N) is 1. The van der Waals surface area contributed by atoms with E-state index >= 15 is 0 Å². The molecule has 4 aromatic carbocycles. The van der Waals surface area contributed by atoms with E-state index in [1.807, 2.05) is 30.3 Å². The molecule has 7 nitrogen and oxygen atoms in total. The zero-order valence-corrected chi connectivity index (χ0v) is 23.6. The predicted octanol–water partition coefficient (Wildman–Crippen LogP) is 4.92. The molecule has 0 radical (unpaired) electrons. The molecule has 4 aromatic rings. The number of amides is 2. The van der Waals surface area contributed by atoms with E-state index in [0.29, 0.717) is 16.3 Å². The molecule has 0 aliphatic rings. The Balaban J connectivity index is 1.77. The number of sulfonamides is 1. The average Bonchev–Trinajstić information content (AvgIpc) is 2.99. The van der Waals surface area contributed by atoms with E-state index in [-0.39, 0.29) is 23.8 Å². The molecule has 1 N–H and O–H groups in total. The smallest absolute Gasteiger partial charge is 0.264 e. The highest BCUT2D eigenvalue weighted by Gasteiger charge is 2.34. The summed E-state index contributed by atoms with van der Waals surface area (Å²) in [5.74, 6) is -0.922. The van der Waals surface area contributed by atoms with Gasteiger partial charge in [0.05, 0.1) is 10.6 Å². The molecule has 9 heteroatoms. The maximum Gasteiger partial charge on any atom is 0.264 e. The zero-order valence-electron chi connectivity index (χ0n) is 22.0. The Morgan fingerprint density at radius 3 is 1.95 bits per heavy atom. The summed E-state index contributed by atoms with van der Waals surface area (Å²) in [5.41, 5.74) is 1.82. The van der Waals surface area contributed by atoms with E-state index in [1.165, 1.54) is 24.1 Å². The van der Waals surface area contributed by atoms with Gasteiger partial charge in [-0.25, -0.2) is 8.42 Å². The molecule has 2 amide bonds. The Kier molecular flexibility index (Phi) is 9.58. The number of carbonyl (C=O) groups excluding carboxylic acids is 2. The number of carbonyl (C=O) groups is 2. The van der Waals surface area contributed by atoms with Crippen molar-refractivity contribution in [2.24, 2.45) is 0 Å². The van der Waals surface area contributed by atoms with Crippen LogP contribution in [0.3, 0.4) is 0 Å². The molecule has 206 valence electrons. The minimum Gasteiger partial charge on any atom is -0.357 e. The quantitative estimate of drug-likeness (QED) is 0.275. The average molecular weight is 576 g/mol. The second-order valence-electron chi connectivity index (χ2n) is 9.09. The first-order chi connectivity index (χ1) is 19.3. The van der Waals surface area contributed by atoms with Gasteiger partial charge in [0.15, 0.2) is 0 Å². The number of halogens is 1. The SMILES string of the molecule is CNC(=O)[C@@H](Cc1ccccc1)N(Cc1ccccc1Cl)C(=O)CN(c1ccccc1)S(=O)(=O)c1ccccc1. The Morgan fingerprint density at radius 2 is 1.35 bits per heavy atom. The molecule has 0 unspecified atom stereocenters. The van der Waals surface area contributed by atoms with Crippen LogP contribution in [-0.2, 0) is 32.6 Å². The predicted molar refractivity (Wildman–Crippen MR) is 157 cm³/mol. The fourth-order valence-electron chi connectivity index (χ4n) is 4.37. The molecule has 40 heavy (non-hydrogen) atoms. The van der Waals surface area contributed by atoms with Gasteiger partial charge >= 0.3 is 0 Å². The lowest BCUT2D eigenvalue weighted by Gasteiger charge is -2.33. The molecule has 0 fully saturated rings. The molecule has 0 aromatic heterocycles. The third-order valence-corrected chi connectivity index (χ3v) is 8.63. The lowest BCUT2D eigenvalue weighted by Crippen LogP contribution is -2.53. The molecule has 0 saturated carbocycles. The maximum absolute atomic E-state index is 14.2. The van der Waals surface area contributed by atoms with Crippen LogP contribution in [0.15, 0.2) is 120 Å². The minimum absolute atomic E-state index is 0.0114. The summed E-state index contributed by atoms with van der Waals surface area (Å²) in [6, 6.07) is 31.9. The fourth-order valence-corrected chi connectivity index (χ4v) is 6.00. The Morgan fingerprint density at radius 1 is 0.800 bits per heavy atom. The van der Waals surface area contributed by atoms with Crippen LogP contribution in [-0.4, -0.2) is 44.8 Å². The first-order valence-corrected chi connectivity index (χ1v) is 14.5. The third-order valence-electron chi connectivity index (χ3n) is 6.47. The van der Waals surface area contributed by atoms with Crippen LogP contribution in [0.1, 0.15) is 11.1 Å². The molecule has 0 aliphatic heterocycles. The molecule has 0 aliphatic carbocycles. The normalized spacial score (nSPS) is 11.8. The van der Waals surface area contributed by atoms with Gasteiger partial charge in [-0.3, -0.25) is 13.9 Å². The molecule has 0 spiro atoms. The van der Waals surface area contributed by atoms with Crippen LogP contribution in [0.4, 0.5) is 5.69 Å². The lowest BCUT2D eigenvalue weighted by atomic mass is 10.0. The van der Waals surface area contributed by atoms with Crippen molar-refractivity contribution in [1.82, 2.24) is 10.2 Å². The van der Waals surface area contributed by atoms with E-state index in [1.54, 1.807) is 72.8 Å². The van der Waals surface area contributed by atoms with Crippen molar-refractivity contribution < 1.29 is 18.0 Å². The van der Waals surface area contributed by atoms with Crippen molar-refractivity contribution in [3.8, 4) is 0 Å². The fraction of sp³-hybridized carbons (Fsp3) is 0.161. The molecule has 0 heterocycles. The minimum atomic E-state index is -4.11. The van der Waals surface area contributed by atoms with Crippen molar-refractivity contribution >= 4 is 39.1 Å². The number of likely N-dealkylation sites (N-methyl/N-ethyl adjacent to an activating group) is 1. The van der Waals surface area contributed by atoms with Crippen LogP contribution in [0.5, 0.6) is 0 Å². The monoisotopic (exact) mass is 575 g/mol. The molecule has 4 rings (SSSR count). The van der Waals surface area contributed by atoms with Crippen molar-refractivity contribution in [1.29, 1.82) is 0 Å². The molecule has 1 atom stereocenters. The molecule has 0 bridgehead atoms. The third kappa shape index (κ3) is 6.89. The van der Waals surface area contributed by atoms with Gasteiger partial charge in [0.2, 0.25) is 11.8 Å². The summed E-state index contributed by atoms with van der Waals surface area (Å²) < 4.78 is 28.7. The summed E-state index contributed by atoms with van der Waals surface area (Å²) in [6.45, 7) is -0.509. The number of anilines is 1. The highest BCUT2D eigenvalue weighted by molar-refractivity contribution is 7.92. The van der Waals surface area contributed by atoms with Gasteiger partial charge in [0, 0.05) is 25.0 Å². The van der Waals surface area contributed by atoms with E-state index in [2.05, 4.69) is 5.32 Å². The summed E-state index contributed by atoms with van der Waals surface area (Å²) in [6.07, 6.45) is 0.230. The highest BCUT2D eigenvalue weighted by atomic mass is 35.5. The van der Waals surface area contributed by atoms with Crippen LogP contribution >= 0.6 is 11.6 Å². The second kappa shape index (κ2) is 13.3. The Hall–Kier alpha value is -4.14. The second-order valence-corrected chi connectivity index (χ2v) is 11.4. The number of nitrogens with zero attached hydrogens (tertiary/aromatic N) is 2. The van der Waals surface area contributed by atoms with Gasteiger partial charge in [-0.05, 0) is 41.5 Å². The van der Waals surface area contributed by atoms with Gasteiger partial charge in [0.25, 0.3) is 10.0 Å². The van der Waals surface area contributed by atoms with Crippen LogP contribution in [0.25, 0.3) is 0 Å². The number of para-hydroxylation sites is 1. The summed E-state index contributed by atoms with van der Waals surface area (Å²) in [5, 5.41) is 3.10. The molecular formula is C31H30ClN3O4S. The van der Waals surface area contributed by atoms with Gasteiger partial charge in [0.1, 0.15) is 12.6 Å². The van der Waals surface area contributed by atoms with Crippen LogP contribution < -0.4 is 9.62 Å². The van der Waals surface area contributed by atoms with Gasteiger partial charge in [-0.1, -0.05) is 96.5 Å². The maximum atomic E-state index is 14.2. The van der Waals surface area contributed by atoms with E-state index in [4.69, 9.17) is 11.6 Å². The van der Waals surface area contributed by atoms with E-state index < -0.39 is 28.5 Å². The number of hydrogen-bond donors (Lipinski definition) is 1. The first-order valence-electron chi connectivity index (χ1n) is 12.7. The highest BCUT2D eigenvalue weighted by Crippen LogP contribution is 2.25. The lowest BCUT2D eigenvalue weighted by molar-refractivity contribution is -0.139. The van der Waals surface area contributed by atoms with Gasteiger partial charge in [-0.2, -0.15) is 0 Å². The molecule has 0 saturated heterocycles. The van der Waals surface area contributed by atoms with Crippen molar-refractivity contribution in [3.05, 3.63) is 131 Å². The largest absolute Gasteiger partial charge is 0.357 e. The number of rotatable bonds is 11. The summed E-state index contributed by atoms with van der Waals surface area (Å²) >= 11 is 6.46. The van der Waals surface area contributed by atoms with Crippen molar-refractivity contribution in [3.63, 3.8) is 0 Å².